The lowest BCUT2D eigenvalue weighted by molar-refractivity contribution is -0.145. The lowest BCUT2D eigenvalue weighted by atomic mass is 10.2. The second-order valence-corrected chi connectivity index (χ2v) is 3.07. The standard InChI is InChI=1S/C9H15NO4/c1-3-14-9(12)10-6-4-5-7(10)8(11)13-2/h7H,3-6H2,1-2H3/t7-/m1/s1. The van der Waals surface area contributed by atoms with Crippen LogP contribution in [0.4, 0.5) is 4.79 Å². The van der Waals surface area contributed by atoms with Crippen molar-refractivity contribution < 1.29 is 19.1 Å². The molecule has 1 fully saturated rings. The van der Waals surface area contributed by atoms with Gasteiger partial charge >= 0.3 is 12.1 Å². The van der Waals surface area contributed by atoms with Gasteiger partial charge in [0, 0.05) is 6.54 Å². The summed E-state index contributed by atoms with van der Waals surface area (Å²) >= 11 is 0. The molecule has 0 N–H and O–H groups in total. The second-order valence-electron chi connectivity index (χ2n) is 3.07. The highest BCUT2D eigenvalue weighted by atomic mass is 16.6. The Balaban J connectivity index is 2.59. The van der Waals surface area contributed by atoms with Gasteiger partial charge in [-0.15, -0.1) is 0 Å². The number of carbonyl (C=O) groups excluding carboxylic acids is 2. The third kappa shape index (κ3) is 2.16. The van der Waals surface area contributed by atoms with E-state index in [1.165, 1.54) is 12.0 Å². The molecule has 1 rings (SSSR count). The predicted octanol–water partition coefficient (Wildman–Crippen LogP) is 0.780. The van der Waals surface area contributed by atoms with Crippen molar-refractivity contribution in [2.45, 2.75) is 25.8 Å². The molecule has 1 aliphatic rings. The maximum Gasteiger partial charge on any atom is 0.410 e. The monoisotopic (exact) mass is 201 g/mol. The van der Waals surface area contributed by atoms with Gasteiger partial charge in [-0.3, -0.25) is 4.90 Å². The van der Waals surface area contributed by atoms with Crippen LogP contribution in [0, 0.1) is 0 Å². The van der Waals surface area contributed by atoms with Gasteiger partial charge in [-0.1, -0.05) is 0 Å². The molecule has 0 radical (unpaired) electrons. The molecular formula is C9H15NO4. The number of esters is 1. The van der Waals surface area contributed by atoms with Gasteiger partial charge < -0.3 is 9.47 Å². The number of likely N-dealkylation sites (tertiary alicyclic amines) is 1. The largest absolute Gasteiger partial charge is 0.467 e. The predicted molar refractivity (Wildman–Crippen MR) is 48.8 cm³/mol. The Kier molecular flexibility index (Phi) is 3.73. The summed E-state index contributed by atoms with van der Waals surface area (Å²) < 4.78 is 9.43. The molecule has 1 heterocycles. The van der Waals surface area contributed by atoms with Crippen molar-refractivity contribution in [1.82, 2.24) is 4.90 Å². The summed E-state index contributed by atoms with van der Waals surface area (Å²) in [5.74, 6) is -0.365. The lowest BCUT2D eigenvalue weighted by Crippen LogP contribution is -2.41. The van der Waals surface area contributed by atoms with E-state index in [0.717, 1.165) is 6.42 Å². The fraction of sp³-hybridized carbons (Fsp3) is 0.778. The highest BCUT2D eigenvalue weighted by Gasteiger charge is 2.35. The molecule has 1 aliphatic heterocycles. The summed E-state index contributed by atoms with van der Waals surface area (Å²) in [6, 6.07) is -0.459. The van der Waals surface area contributed by atoms with E-state index >= 15 is 0 Å². The normalized spacial score (nSPS) is 20.7. The minimum Gasteiger partial charge on any atom is -0.467 e. The van der Waals surface area contributed by atoms with E-state index in [2.05, 4.69) is 4.74 Å². The van der Waals surface area contributed by atoms with E-state index in [1.807, 2.05) is 0 Å². The zero-order chi connectivity index (χ0) is 10.6. The van der Waals surface area contributed by atoms with Crippen LogP contribution in [0.5, 0.6) is 0 Å². The first-order valence-corrected chi connectivity index (χ1v) is 4.72. The lowest BCUT2D eigenvalue weighted by Gasteiger charge is -2.21. The van der Waals surface area contributed by atoms with E-state index in [1.54, 1.807) is 6.92 Å². The van der Waals surface area contributed by atoms with Crippen LogP contribution in [0.25, 0.3) is 0 Å². The molecule has 1 atom stereocenters. The Bertz CT molecular complexity index is 229. The highest BCUT2D eigenvalue weighted by Crippen LogP contribution is 2.19. The molecule has 80 valence electrons. The van der Waals surface area contributed by atoms with Gasteiger partial charge in [-0.05, 0) is 19.8 Å². The average Bonchev–Trinajstić information content (AvgIpc) is 2.65. The van der Waals surface area contributed by atoms with Crippen LogP contribution >= 0.6 is 0 Å². The summed E-state index contributed by atoms with van der Waals surface area (Å²) in [7, 11) is 1.32. The summed E-state index contributed by atoms with van der Waals surface area (Å²) in [5.41, 5.74) is 0. The number of rotatable bonds is 2. The van der Waals surface area contributed by atoms with Gasteiger partial charge in [-0.2, -0.15) is 0 Å². The van der Waals surface area contributed by atoms with Crippen LogP contribution in [-0.2, 0) is 14.3 Å². The number of nitrogens with zero attached hydrogens (tertiary/aromatic N) is 1. The van der Waals surface area contributed by atoms with E-state index in [4.69, 9.17) is 4.74 Å². The summed E-state index contributed by atoms with van der Waals surface area (Å²) in [4.78, 5) is 24.1. The molecule has 1 saturated heterocycles. The SMILES string of the molecule is CCOC(=O)N1CCC[C@@H]1C(=O)OC. The van der Waals surface area contributed by atoms with E-state index in [0.29, 0.717) is 19.6 Å². The zero-order valence-electron chi connectivity index (χ0n) is 8.49. The Hall–Kier alpha value is -1.26. The number of amides is 1. The Labute approximate surface area is 83.0 Å². The van der Waals surface area contributed by atoms with Crippen molar-refractivity contribution in [2.24, 2.45) is 0 Å². The number of carbonyl (C=O) groups is 2. The third-order valence-electron chi connectivity index (χ3n) is 2.23. The Morgan fingerprint density at radius 2 is 2.21 bits per heavy atom. The van der Waals surface area contributed by atoms with Crippen molar-refractivity contribution in [1.29, 1.82) is 0 Å². The van der Waals surface area contributed by atoms with Crippen LogP contribution in [0.2, 0.25) is 0 Å². The maximum atomic E-state index is 11.4. The summed E-state index contributed by atoms with van der Waals surface area (Å²) in [5, 5.41) is 0. The molecule has 0 spiro atoms. The first kappa shape index (κ1) is 10.8. The van der Waals surface area contributed by atoms with Crippen molar-refractivity contribution >= 4 is 12.1 Å². The smallest absolute Gasteiger partial charge is 0.410 e. The van der Waals surface area contributed by atoms with Gasteiger partial charge in [0.15, 0.2) is 0 Å². The van der Waals surface area contributed by atoms with Gasteiger partial charge in [0.25, 0.3) is 0 Å². The number of ether oxygens (including phenoxy) is 2. The quantitative estimate of drug-likeness (QED) is 0.619. The molecule has 0 aromatic rings. The van der Waals surface area contributed by atoms with Crippen LogP contribution in [0.3, 0.4) is 0 Å². The summed E-state index contributed by atoms with van der Waals surface area (Å²) in [6.07, 6.45) is 1.05. The minimum absolute atomic E-state index is 0.323. The molecule has 0 aromatic carbocycles. The first-order chi connectivity index (χ1) is 6.70. The number of hydrogen-bond donors (Lipinski definition) is 0. The van der Waals surface area contributed by atoms with Crippen LogP contribution in [0.1, 0.15) is 19.8 Å². The molecule has 0 unspecified atom stereocenters. The summed E-state index contributed by atoms with van der Waals surface area (Å²) in [6.45, 7) is 2.63. The van der Waals surface area contributed by atoms with Gasteiger partial charge in [0.2, 0.25) is 0 Å². The van der Waals surface area contributed by atoms with Gasteiger partial charge in [-0.25, -0.2) is 9.59 Å². The molecule has 0 aliphatic carbocycles. The van der Waals surface area contributed by atoms with Crippen molar-refractivity contribution in [2.75, 3.05) is 20.3 Å². The number of hydrogen-bond acceptors (Lipinski definition) is 4. The zero-order valence-corrected chi connectivity index (χ0v) is 8.49. The van der Waals surface area contributed by atoms with Crippen molar-refractivity contribution in [3.05, 3.63) is 0 Å². The molecule has 0 saturated carbocycles. The maximum absolute atomic E-state index is 11.4. The van der Waals surface area contributed by atoms with Crippen molar-refractivity contribution in [3.8, 4) is 0 Å². The Morgan fingerprint density at radius 3 is 2.79 bits per heavy atom. The van der Waals surface area contributed by atoms with E-state index < -0.39 is 12.1 Å². The van der Waals surface area contributed by atoms with Crippen LogP contribution in [-0.4, -0.2) is 43.3 Å². The second kappa shape index (κ2) is 4.83. The fourth-order valence-corrected chi connectivity index (χ4v) is 1.57. The fourth-order valence-electron chi connectivity index (χ4n) is 1.57. The third-order valence-corrected chi connectivity index (χ3v) is 2.23. The van der Waals surface area contributed by atoms with Gasteiger partial charge in [0.1, 0.15) is 6.04 Å². The van der Waals surface area contributed by atoms with E-state index in [-0.39, 0.29) is 5.97 Å². The Morgan fingerprint density at radius 1 is 1.50 bits per heavy atom. The molecular weight excluding hydrogens is 186 g/mol. The molecule has 0 aromatic heterocycles. The van der Waals surface area contributed by atoms with Crippen LogP contribution in [0.15, 0.2) is 0 Å². The molecule has 14 heavy (non-hydrogen) atoms. The average molecular weight is 201 g/mol. The first-order valence-electron chi connectivity index (χ1n) is 4.72. The van der Waals surface area contributed by atoms with Gasteiger partial charge in [0.05, 0.1) is 13.7 Å². The number of methoxy groups -OCH3 is 1. The molecule has 0 bridgehead atoms. The van der Waals surface area contributed by atoms with E-state index in [9.17, 15) is 9.59 Å². The highest BCUT2D eigenvalue weighted by molar-refractivity contribution is 5.81. The molecule has 5 heteroatoms. The van der Waals surface area contributed by atoms with Crippen molar-refractivity contribution in [3.63, 3.8) is 0 Å². The molecule has 1 amide bonds. The van der Waals surface area contributed by atoms with Crippen LogP contribution < -0.4 is 0 Å². The topological polar surface area (TPSA) is 55.8 Å². The molecule has 5 nitrogen and oxygen atoms in total. The minimum atomic E-state index is -0.459.